The molecule has 1 aromatic rings. The van der Waals surface area contributed by atoms with Gasteiger partial charge in [0.2, 0.25) is 5.91 Å². The first-order valence-electron chi connectivity index (χ1n) is 5.91. The number of rotatable bonds is 4. The van der Waals surface area contributed by atoms with E-state index in [1.54, 1.807) is 6.07 Å². The topological polar surface area (TPSA) is 89.3 Å². The van der Waals surface area contributed by atoms with Crippen LogP contribution in [0.4, 0.5) is 5.69 Å². The van der Waals surface area contributed by atoms with E-state index in [-0.39, 0.29) is 16.6 Å². The summed E-state index contributed by atoms with van der Waals surface area (Å²) in [6.07, 6.45) is 1.83. The minimum atomic E-state index is -3.78. The third kappa shape index (κ3) is 3.09. The zero-order valence-corrected chi connectivity index (χ0v) is 12.8. The highest BCUT2D eigenvalue weighted by Gasteiger charge is 2.34. The zero-order chi connectivity index (χ0) is 14.2. The molecule has 1 unspecified atom stereocenters. The number of nitrogens with one attached hydrogen (secondary N) is 1. The Hall–Kier alpha value is -1.08. The largest absolute Gasteiger partial charge is 0.398 e. The fraction of sp³-hybridized carbons (Fsp3) is 0.417. The van der Waals surface area contributed by atoms with Crippen LogP contribution in [0.1, 0.15) is 19.8 Å². The van der Waals surface area contributed by atoms with Crippen LogP contribution in [0.15, 0.2) is 27.6 Å². The van der Waals surface area contributed by atoms with Crippen LogP contribution in [-0.4, -0.2) is 25.6 Å². The predicted octanol–water partition coefficient (Wildman–Crippen LogP) is 1.47. The number of carbonyl (C=O) groups excluding carboxylic acids is 1. The van der Waals surface area contributed by atoms with E-state index in [0.29, 0.717) is 4.47 Å². The van der Waals surface area contributed by atoms with E-state index in [2.05, 4.69) is 21.2 Å². The van der Waals surface area contributed by atoms with Crippen LogP contribution < -0.4 is 11.1 Å². The van der Waals surface area contributed by atoms with Crippen molar-refractivity contribution < 1.29 is 13.2 Å². The van der Waals surface area contributed by atoms with Crippen LogP contribution in [0.5, 0.6) is 0 Å². The Morgan fingerprint density at radius 2 is 2.11 bits per heavy atom. The van der Waals surface area contributed by atoms with E-state index in [0.717, 1.165) is 12.8 Å². The maximum absolute atomic E-state index is 12.4. The van der Waals surface area contributed by atoms with Gasteiger partial charge in [-0.25, -0.2) is 8.42 Å². The maximum Gasteiger partial charge on any atom is 0.238 e. The molecule has 5 nitrogen and oxygen atoms in total. The number of hydrogen-bond donors (Lipinski definition) is 2. The number of nitrogens with two attached hydrogens (primary N) is 1. The summed E-state index contributed by atoms with van der Waals surface area (Å²) >= 11 is 3.20. The third-order valence-electron chi connectivity index (χ3n) is 3.04. The van der Waals surface area contributed by atoms with Crippen molar-refractivity contribution in [1.29, 1.82) is 0 Å². The standard InChI is InChI=1S/C12H15BrN2O3S/c1-7(12(16)15-9-3-4-9)19(17,18)11-6-8(13)2-5-10(11)14/h2,5-7,9H,3-4,14H2,1H3,(H,15,16). The van der Waals surface area contributed by atoms with E-state index >= 15 is 0 Å². The van der Waals surface area contributed by atoms with Crippen LogP contribution in [0.25, 0.3) is 0 Å². The van der Waals surface area contributed by atoms with E-state index in [1.807, 2.05) is 0 Å². The molecule has 1 amide bonds. The second kappa shape index (κ2) is 5.13. The minimum Gasteiger partial charge on any atom is -0.398 e. The lowest BCUT2D eigenvalue weighted by molar-refractivity contribution is -0.120. The summed E-state index contributed by atoms with van der Waals surface area (Å²) in [5, 5.41) is 1.54. The predicted molar refractivity (Wildman–Crippen MR) is 76.4 cm³/mol. The number of anilines is 1. The van der Waals surface area contributed by atoms with Gasteiger partial charge in [-0.05, 0) is 38.0 Å². The molecule has 0 spiro atoms. The molecule has 1 atom stereocenters. The highest BCUT2D eigenvalue weighted by Crippen LogP contribution is 2.27. The molecule has 1 aliphatic rings. The van der Waals surface area contributed by atoms with Crippen molar-refractivity contribution in [3.63, 3.8) is 0 Å². The maximum atomic E-state index is 12.4. The van der Waals surface area contributed by atoms with Gasteiger partial charge in [-0.1, -0.05) is 15.9 Å². The summed E-state index contributed by atoms with van der Waals surface area (Å²) in [6.45, 7) is 1.38. The Morgan fingerprint density at radius 3 is 2.68 bits per heavy atom. The smallest absolute Gasteiger partial charge is 0.238 e. The highest BCUT2D eigenvalue weighted by atomic mass is 79.9. The van der Waals surface area contributed by atoms with Gasteiger partial charge in [0, 0.05) is 10.5 Å². The fourth-order valence-electron chi connectivity index (χ4n) is 1.63. The zero-order valence-electron chi connectivity index (χ0n) is 10.4. The molecular formula is C12H15BrN2O3S. The van der Waals surface area contributed by atoms with Crippen molar-refractivity contribution in [2.24, 2.45) is 0 Å². The Labute approximate surface area is 120 Å². The normalized spacial score (nSPS) is 16.9. The lowest BCUT2D eigenvalue weighted by Crippen LogP contribution is -2.39. The number of sulfone groups is 1. The van der Waals surface area contributed by atoms with Crippen molar-refractivity contribution in [1.82, 2.24) is 5.32 Å². The molecule has 7 heteroatoms. The van der Waals surface area contributed by atoms with Gasteiger partial charge in [-0.15, -0.1) is 0 Å². The van der Waals surface area contributed by atoms with Gasteiger partial charge < -0.3 is 11.1 Å². The number of nitrogen functional groups attached to an aromatic ring is 1. The van der Waals surface area contributed by atoms with Crippen molar-refractivity contribution >= 4 is 37.4 Å². The molecule has 0 bridgehead atoms. The molecule has 104 valence electrons. The molecule has 0 heterocycles. The number of halogens is 1. The molecule has 0 radical (unpaired) electrons. The average molecular weight is 347 g/mol. The molecule has 2 rings (SSSR count). The third-order valence-corrected chi connectivity index (χ3v) is 5.65. The molecule has 1 saturated carbocycles. The number of amides is 1. The van der Waals surface area contributed by atoms with Gasteiger partial charge in [-0.3, -0.25) is 4.79 Å². The number of carbonyl (C=O) groups is 1. The van der Waals surface area contributed by atoms with Crippen LogP contribution in [-0.2, 0) is 14.6 Å². The average Bonchev–Trinajstić information content (AvgIpc) is 3.14. The monoisotopic (exact) mass is 346 g/mol. The van der Waals surface area contributed by atoms with Crippen molar-refractivity contribution in [2.45, 2.75) is 36.0 Å². The first-order valence-corrected chi connectivity index (χ1v) is 8.25. The van der Waals surface area contributed by atoms with E-state index in [4.69, 9.17) is 5.73 Å². The van der Waals surface area contributed by atoms with Crippen molar-refractivity contribution in [2.75, 3.05) is 5.73 Å². The van der Waals surface area contributed by atoms with E-state index < -0.39 is 21.0 Å². The summed E-state index contributed by atoms with van der Waals surface area (Å²) in [4.78, 5) is 11.9. The van der Waals surface area contributed by atoms with Crippen molar-refractivity contribution in [3.05, 3.63) is 22.7 Å². The number of benzene rings is 1. The second-order valence-electron chi connectivity index (χ2n) is 4.65. The second-order valence-corrected chi connectivity index (χ2v) is 7.80. The Morgan fingerprint density at radius 1 is 1.47 bits per heavy atom. The molecule has 1 aliphatic carbocycles. The van der Waals surface area contributed by atoms with Gasteiger partial charge in [0.1, 0.15) is 5.25 Å². The lowest BCUT2D eigenvalue weighted by Gasteiger charge is -2.14. The van der Waals surface area contributed by atoms with E-state index in [9.17, 15) is 13.2 Å². The lowest BCUT2D eigenvalue weighted by atomic mass is 10.3. The first kappa shape index (κ1) is 14.3. The molecule has 1 aromatic carbocycles. The Kier molecular flexibility index (Phi) is 3.87. The Balaban J connectivity index is 2.29. The summed E-state index contributed by atoms with van der Waals surface area (Å²) in [5.41, 5.74) is 5.84. The molecule has 3 N–H and O–H groups in total. The SMILES string of the molecule is CC(C(=O)NC1CC1)S(=O)(=O)c1cc(Br)ccc1N. The summed E-state index contributed by atoms with van der Waals surface area (Å²) in [6, 6.07) is 4.71. The van der Waals surface area contributed by atoms with Crippen LogP contribution in [0, 0.1) is 0 Å². The van der Waals surface area contributed by atoms with Gasteiger partial charge >= 0.3 is 0 Å². The van der Waals surface area contributed by atoms with Gasteiger partial charge in [0.15, 0.2) is 9.84 Å². The number of hydrogen-bond acceptors (Lipinski definition) is 4. The van der Waals surface area contributed by atoms with Crippen molar-refractivity contribution in [3.8, 4) is 0 Å². The summed E-state index contributed by atoms with van der Waals surface area (Å²) in [7, 11) is -3.78. The van der Waals surface area contributed by atoms with Crippen LogP contribution >= 0.6 is 15.9 Å². The molecule has 1 fully saturated rings. The minimum absolute atomic E-state index is 0.0136. The molecule has 19 heavy (non-hydrogen) atoms. The highest BCUT2D eigenvalue weighted by molar-refractivity contribution is 9.10. The van der Waals surface area contributed by atoms with Crippen LogP contribution in [0.2, 0.25) is 0 Å². The van der Waals surface area contributed by atoms with Crippen LogP contribution in [0.3, 0.4) is 0 Å². The molecule has 0 aromatic heterocycles. The molecule has 0 aliphatic heterocycles. The van der Waals surface area contributed by atoms with Gasteiger partial charge in [-0.2, -0.15) is 0 Å². The molecule has 0 saturated heterocycles. The Bertz CT molecular complexity index is 611. The fourth-order valence-corrected chi connectivity index (χ4v) is 3.56. The molecular weight excluding hydrogens is 332 g/mol. The quantitative estimate of drug-likeness (QED) is 0.808. The summed E-state index contributed by atoms with van der Waals surface area (Å²) in [5.74, 6) is -0.470. The summed E-state index contributed by atoms with van der Waals surface area (Å²) < 4.78 is 25.4. The van der Waals surface area contributed by atoms with Gasteiger partial charge in [0.25, 0.3) is 0 Å². The van der Waals surface area contributed by atoms with E-state index in [1.165, 1.54) is 19.1 Å². The first-order chi connectivity index (χ1) is 8.82. The van der Waals surface area contributed by atoms with Gasteiger partial charge in [0.05, 0.1) is 10.6 Å².